The average Bonchev–Trinajstić information content (AvgIpc) is 2.77. The Morgan fingerprint density at radius 2 is 2.33 bits per heavy atom. The predicted molar refractivity (Wildman–Crippen MR) is 55.5 cm³/mol. The van der Waals surface area contributed by atoms with Crippen molar-refractivity contribution in [2.45, 2.75) is 19.9 Å². The van der Waals surface area contributed by atoms with Crippen LogP contribution in [0, 0.1) is 6.92 Å². The van der Waals surface area contributed by atoms with Crippen molar-refractivity contribution >= 4 is 5.96 Å². The molecule has 2 heterocycles. The third-order valence-electron chi connectivity index (χ3n) is 2.32. The maximum Gasteiger partial charge on any atom is 0.248 e. The van der Waals surface area contributed by atoms with E-state index < -0.39 is 0 Å². The second-order valence-electron chi connectivity index (χ2n) is 3.67. The van der Waals surface area contributed by atoms with Crippen LogP contribution in [0.5, 0.6) is 0 Å². The predicted octanol–water partition coefficient (Wildman–Crippen LogP) is 0.330. The lowest BCUT2D eigenvalue weighted by molar-refractivity contribution is 0.347. The smallest absolute Gasteiger partial charge is 0.248 e. The quantitative estimate of drug-likeness (QED) is 0.760. The Kier molecular flexibility index (Phi) is 2.57. The van der Waals surface area contributed by atoms with Crippen LogP contribution < -0.4 is 5.32 Å². The minimum Gasteiger partial charge on any atom is -0.345 e. The highest BCUT2D eigenvalue weighted by Gasteiger charge is 2.18. The van der Waals surface area contributed by atoms with Crippen LogP contribution in [-0.4, -0.2) is 41.1 Å². The van der Waals surface area contributed by atoms with Gasteiger partial charge in [-0.2, -0.15) is 4.98 Å². The fraction of sp³-hybridized carbons (Fsp3) is 0.667. The van der Waals surface area contributed by atoms with Crippen molar-refractivity contribution in [3.8, 4) is 0 Å². The Morgan fingerprint density at radius 3 is 2.87 bits per heavy atom. The van der Waals surface area contributed by atoms with E-state index in [1.165, 1.54) is 0 Å². The summed E-state index contributed by atoms with van der Waals surface area (Å²) in [5.74, 6) is 2.13. The Bertz CT molecular complexity index is 372. The van der Waals surface area contributed by atoms with Crippen LogP contribution in [-0.2, 0) is 0 Å². The van der Waals surface area contributed by atoms with Gasteiger partial charge in [-0.3, -0.25) is 4.99 Å². The molecule has 1 N–H and O–H groups in total. The molecule has 1 aliphatic rings. The van der Waals surface area contributed by atoms with Crippen LogP contribution in [0.2, 0.25) is 0 Å². The Morgan fingerprint density at radius 1 is 1.53 bits per heavy atom. The summed E-state index contributed by atoms with van der Waals surface area (Å²) in [7, 11) is 2.00. The lowest BCUT2D eigenvalue weighted by atomic mass is 10.3. The molecule has 6 nitrogen and oxygen atoms in total. The zero-order chi connectivity index (χ0) is 10.8. The van der Waals surface area contributed by atoms with E-state index in [0.29, 0.717) is 11.7 Å². The summed E-state index contributed by atoms with van der Waals surface area (Å²) in [5, 5.41) is 6.99. The summed E-state index contributed by atoms with van der Waals surface area (Å²) in [6.45, 7) is 5.58. The summed E-state index contributed by atoms with van der Waals surface area (Å²) >= 11 is 0. The molecule has 82 valence electrons. The van der Waals surface area contributed by atoms with E-state index in [2.05, 4.69) is 25.3 Å². The number of nitrogens with one attached hydrogen (secondary N) is 1. The van der Waals surface area contributed by atoms with Gasteiger partial charge in [0.05, 0.1) is 6.54 Å². The van der Waals surface area contributed by atoms with Crippen molar-refractivity contribution in [2.75, 3.05) is 20.1 Å². The van der Waals surface area contributed by atoms with Crippen molar-refractivity contribution in [3.05, 3.63) is 11.7 Å². The van der Waals surface area contributed by atoms with Crippen molar-refractivity contribution < 1.29 is 4.52 Å². The van der Waals surface area contributed by atoms with E-state index in [9.17, 15) is 0 Å². The molecule has 1 atom stereocenters. The van der Waals surface area contributed by atoms with Gasteiger partial charge in [-0.25, -0.2) is 0 Å². The molecular formula is C9H15N5O. The Hall–Kier alpha value is -1.59. The monoisotopic (exact) mass is 209 g/mol. The average molecular weight is 209 g/mol. The fourth-order valence-corrected chi connectivity index (χ4v) is 1.43. The van der Waals surface area contributed by atoms with Crippen LogP contribution in [0.15, 0.2) is 9.52 Å². The number of nitrogens with zero attached hydrogens (tertiary/aromatic N) is 4. The summed E-state index contributed by atoms with van der Waals surface area (Å²) in [6, 6.07) is -0.00880. The molecule has 0 amide bonds. The molecule has 6 heteroatoms. The van der Waals surface area contributed by atoms with Gasteiger partial charge < -0.3 is 14.7 Å². The normalized spacial score (nSPS) is 17.8. The SMILES string of the molecule is Cc1noc(C(C)NC2=NCCN2C)n1. The molecule has 0 spiro atoms. The minimum atomic E-state index is -0.00880. The van der Waals surface area contributed by atoms with E-state index >= 15 is 0 Å². The van der Waals surface area contributed by atoms with E-state index in [4.69, 9.17) is 4.52 Å². The van der Waals surface area contributed by atoms with Crippen LogP contribution in [0.1, 0.15) is 24.7 Å². The highest BCUT2D eigenvalue weighted by atomic mass is 16.5. The lowest BCUT2D eigenvalue weighted by Gasteiger charge is -2.17. The van der Waals surface area contributed by atoms with Crippen LogP contribution >= 0.6 is 0 Å². The molecule has 1 aromatic heterocycles. The molecule has 15 heavy (non-hydrogen) atoms. The molecule has 0 aliphatic carbocycles. The van der Waals surface area contributed by atoms with Gasteiger partial charge in [-0.05, 0) is 13.8 Å². The number of likely N-dealkylation sites (N-methyl/N-ethyl adjacent to an activating group) is 1. The van der Waals surface area contributed by atoms with Crippen molar-refractivity contribution in [1.82, 2.24) is 20.4 Å². The first kappa shape index (κ1) is 9.95. The number of aryl methyl sites for hydroxylation is 1. The third-order valence-corrected chi connectivity index (χ3v) is 2.32. The molecule has 0 bridgehead atoms. The Balaban J connectivity index is 2.00. The molecule has 1 aliphatic heterocycles. The molecule has 0 radical (unpaired) electrons. The number of guanidine groups is 1. The third kappa shape index (κ3) is 2.08. The van der Waals surface area contributed by atoms with Gasteiger partial charge in [0.15, 0.2) is 11.8 Å². The van der Waals surface area contributed by atoms with Crippen molar-refractivity contribution in [3.63, 3.8) is 0 Å². The Labute approximate surface area is 88.4 Å². The van der Waals surface area contributed by atoms with E-state index in [1.807, 2.05) is 14.0 Å². The lowest BCUT2D eigenvalue weighted by Crippen LogP contribution is -2.37. The molecule has 1 unspecified atom stereocenters. The summed E-state index contributed by atoms with van der Waals surface area (Å²) in [5.41, 5.74) is 0. The zero-order valence-electron chi connectivity index (χ0n) is 9.19. The minimum absolute atomic E-state index is 0.00880. The number of hydrogen-bond donors (Lipinski definition) is 1. The second-order valence-corrected chi connectivity index (χ2v) is 3.67. The first-order valence-electron chi connectivity index (χ1n) is 4.99. The second kappa shape index (κ2) is 3.88. The first-order valence-corrected chi connectivity index (χ1v) is 4.99. The number of hydrogen-bond acceptors (Lipinski definition) is 6. The number of aliphatic imine (C=N–C) groups is 1. The summed E-state index contributed by atoms with van der Waals surface area (Å²) in [4.78, 5) is 10.6. The van der Waals surface area contributed by atoms with Gasteiger partial charge in [0.25, 0.3) is 0 Å². The van der Waals surface area contributed by atoms with E-state index in [1.54, 1.807) is 6.92 Å². The fourth-order valence-electron chi connectivity index (χ4n) is 1.43. The number of rotatable bonds is 2. The molecule has 2 rings (SSSR count). The van der Waals surface area contributed by atoms with E-state index in [-0.39, 0.29) is 6.04 Å². The van der Waals surface area contributed by atoms with Crippen molar-refractivity contribution in [2.24, 2.45) is 4.99 Å². The highest BCUT2D eigenvalue weighted by Crippen LogP contribution is 2.10. The summed E-state index contributed by atoms with van der Waals surface area (Å²) < 4.78 is 5.07. The standard InChI is InChI=1S/C9H15N5O/c1-6(8-12-7(2)13-15-8)11-9-10-4-5-14(9)3/h6H,4-5H2,1-3H3,(H,10,11). The van der Waals surface area contributed by atoms with Crippen molar-refractivity contribution in [1.29, 1.82) is 0 Å². The van der Waals surface area contributed by atoms with Gasteiger partial charge >= 0.3 is 0 Å². The topological polar surface area (TPSA) is 66.6 Å². The van der Waals surface area contributed by atoms with Gasteiger partial charge in [-0.1, -0.05) is 5.16 Å². The van der Waals surface area contributed by atoms with Crippen LogP contribution in [0.4, 0.5) is 0 Å². The molecule has 0 aromatic carbocycles. The van der Waals surface area contributed by atoms with E-state index in [0.717, 1.165) is 19.0 Å². The zero-order valence-corrected chi connectivity index (χ0v) is 9.19. The molecular weight excluding hydrogens is 194 g/mol. The summed E-state index contributed by atoms with van der Waals surface area (Å²) in [6.07, 6.45) is 0. The van der Waals surface area contributed by atoms with Crippen LogP contribution in [0.25, 0.3) is 0 Å². The van der Waals surface area contributed by atoms with Gasteiger partial charge in [-0.15, -0.1) is 0 Å². The molecule has 0 saturated carbocycles. The maximum absolute atomic E-state index is 5.07. The highest BCUT2D eigenvalue weighted by molar-refractivity contribution is 5.81. The maximum atomic E-state index is 5.07. The largest absolute Gasteiger partial charge is 0.345 e. The van der Waals surface area contributed by atoms with Gasteiger partial charge in [0.1, 0.15) is 6.04 Å². The van der Waals surface area contributed by atoms with Crippen LogP contribution in [0.3, 0.4) is 0 Å². The molecule has 0 saturated heterocycles. The number of aromatic nitrogens is 2. The van der Waals surface area contributed by atoms with Gasteiger partial charge in [0.2, 0.25) is 5.89 Å². The molecule has 1 aromatic rings. The molecule has 0 fully saturated rings. The van der Waals surface area contributed by atoms with Gasteiger partial charge in [0, 0.05) is 13.6 Å². The first-order chi connectivity index (χ1) is 7.16.